The van der Waals surface area contributed by atoms with Crippen LogP contribution < -0.4 is 5.56 Å². The first-order valence-electron chi connectivity index (χ1n) is 9.76. The maximum Gasteiger partial charge on any atom is 0.305 e. The van der Waals surface area contributed by atoms with Gasteiger partial charge in [0.1, 0.15) is 10.7 Å². The van der Waals surface area contributed by atoms with Gasteiger partial charge in [0.05, 0.1) is 12.5 Å². The van der Waals surface area contributed by atoms with Crippen LogP contribution in [0.5, 0.6) is 0 Å². The number of benzene rings is 1. The number of esters is 1. The second-order valence-corrected chi connectivity index (χ2v) is 7.65. The molecular formula is C22H26N2O3S. The number of carbonyl (C=O) groups is 1. The Hall–Kier alpha value is -2.47. The van der Waals surface area contributed by atoms with Gasteiger partial charge in [0, 0.05) is 30.3 Å². The molecule has 28 heavy (non-hydrogen) atoms. The van der Waals surface area contributed by atoms with E-state index in [-0.39, 0.29) is 11.5 Å². The predicted molar refractivity (Wildman–Crippen MR) is 114 cm³/mol. The van der Waals surface area contributed by atoms with Crippen molar-refractivity contribution in [3.05, 3.63) is 51.4 Å². The fourth-order valence-corrected chi connectivity index (χ4v) is 4.28. The molecule has 148 valence electrons. The molecule has 2 heterocycles. The number of methoxy groups -OCH3 is 1. The first kappa shape index (κ1) is 20.3. The summed E-state index contributed by atoms with van der Waals surface area (Å²) in [6.07, 6.45) is 3.48. The van der Waals surface area contributed by atoms with Crippen LogP contribution in [0.15, 0.2) is 34.4 Å². The van der Waals surface area contributed by atoms with Gasteiger partial charge < -0.3 is 4.74 Å². The van der Waals surface area contributed by atoms with Crippen LogP contribution in [0.4, 0.5) is 0 Å². The molecule has 2 aromatic heterocycles. The quantitative estimate of drug-likeness (QED) is 0.521. The first-order chi connectivity index (χ1) is 13.6. The number of hydrogen-bond donors (Lipinski definition) is 0. The van der Waals surface area contributed by atoms with Crippen molar-refractivity contribution in [2.24, 2.45) is 0 Å². The van der Waals surface area contributed by atoms with Gasteiger partial charge in [-0.05, 0) is 30.4 Å². The number of rotatable bonds is 8. The van der Waals surface area contributed by atoms with Crippen molar-refractivity contribution in [1.82, 2.24) is 9.55 Å². The Morgan fingerprint density at radius 1 is 1.21 bits per heavy atom. The van der Waals surface area contributed by atoms with E-state index in [1.54, 1.807) is 4.57 Å². The van der Waals surface area contributed by atoms with Gasteiger partial charge in [-0.1, -0.05) is 38.1 Å². The highest BCUT2D eigenvalue weighted by molar-refractivity contribution is 7.17. The van der Waals surface area contributed by atoms with Crippen LogP contribution in [0.1, 0.15) is 44.5 Å². The molecule has 0 amide bonds. The minimum Gasteiger partial charge on any atom is -0.469 e. The SMILES string of the molecule is CCCc1nc2scc(-c3ccc(CC)cc3)c2c(=O)n1CCCC(=O)OC. The minimum absolute atomic E-state index is 0.0193. The van der Waals surface area contributed by atoms with Gasteiger partial charge in [-0.2, -0.15) is 0 Å². The van der Waals surface area contributed by atoms with Crippen molar-refractivity contribution in [2.45, 2.75) is 52.5 Å². The van der Waals surface area contributed by atoms with E-state index in [1.165, 1.54) is 24.0 Å². The molecule has 3 rings (SSSR count). The van der Waals surface area contributed by atoms with Gasteiger partial charge in [0.25, 0.3) is 5.56 Å². The van der Waals surface area contributed by atoms with E-state index in [1.807, 2.05) is 5.38 Å². The number of aryl methyl sites for hydroxylation is 2. The molecule has 1 aromatic carbocycles. The smallest absolute Gasteiger partial charge is 0.305 e. The van der Waals surface area contributed by atoms with Gasteiger partial charge in [-0.15, -0.1) is 11.3 Å². The number of thiophene rings is 1. The zero-order chi connectivity index (χ0) is 20.1. The maximum absolute atomic E-state index is 13.4. The molecule has 0 N–H and O–H groups in total. The lowest BCUT2D eigenvalue weighted by Gasteiger charge is -2.12. The summed E-state index contributed by atoms with van der Waals surface area (Å²) in [5, 5.41) is 2.70. The Morgan fingerprint density at radius 2 is 1.96 bits per heavy atom. The molecule has 3 aromatic rings. The summed E-state index contributed by atoms with van der Waals surface area (Å²) < 4.78 is 6.45. The fourth-order valence-electron chi connectivity index (χ4n) is 3.33. The average molecular weight is 399 g/mol. The molecule has 5 nitrogen and oxygen atoms in total. The average Bonchev–Trinajstić information content (AvgIpc) is 3.14. The van der Waals surface area contributed by atoms with Crippen molar-refractivity contribution in [3.63, 3.8) is 0 Å². The number of fused-ring (bicyclic) bond motifs is 1. The molecule has 0 aliphatic carbocycles. The van der Waals surface area contributed by atoms with Gasteiger partial charge in [-0.3, -0.25) is 14.2 Å². The highest BCUT2D eigenvalue weighted by Crippen LogP contribution is 2.31. The Bertz CT molecular complexity index is 1020. The van der Waals surface area contributed by atoms with Gasteiger partial charge in [0.2, 0.25) is 0 Å². The maximum atomic E-state index is 13.4. The first-order valence-corrected chi connectivity index (χ1v) is 10.6. The summed E-state index contributed by atoms with van der Waals surface area (Å²) in [4.78, 5) is 30.4. The van der Waals surface area contributed by atoms with E-state index in [4.69, 9.17) is 9.72 Å². The topological polar surface area (TPSA) is 61.2 Å². The third kappa shape index (κ3) is 4.17. The summed E-state index contributed by atoms with van der Waals surface area (Å²) in [6, 6.07) is 8.35. The lowest BCUT2D eigenvalue weighted by atomic mass is 10.0. The van der Waals surface area contributed by atoms with E-state index < -0.39 is 0 Å². The summed E-state index contributed by atoms with van der Waals surface area (Å²) in [5.41, 5.74) is 3.22. The molecule has 0 saturated carbocycles. The molecule has 0 atom stereocenters. The van der Waals surface area contributed by atoms with Crippen molar-refractivity contribution >= 4 is 27.5 Å². The Labute approximate surface area is 169 Å². The van der Waals surface area contributed by atoms with Crippen molar-refractivity contribution in [3.8, 4) is 11.1 Å². The molecule has 0 aliphatic rings. The number of hydrogen-bond acceptors (Lipinski definition) is 5. The zero-order valence-electron chi connectivity index (χ0n) is 16.7. The van der Waals surface area contributed by atoms with Crippen LogP contribution in [0.25, 0.3) is 21.3 Å². The van der Waals surface area contributed by atoms with Crippen LogP contribution >= 0.6 is 11.3 Å². The largest absolute Gasteiger partial charge is 0.469 e. The van der Waals surface area contributed by atoms with Gasteiger partial charge in [0.15, 0.2) is 0 Å². The monoisotopic (exact) mass is 398 g/mol. The molecule has 6 heteroatoms. The fraction of sp³-hybridized carbons (Fsp3) is 0.409. The molecule has 0 fully saturated rings. The minimum atomic E-state index is -0.258. The van der Waals surface area contributed by atoms with Crippen LogP contribution in [0.3, 0.4) is 0 Å². The summed E-state index contributed by atoms with van der Waals surface area (Å²) in [5.74, 6) is 0.533. The Kier molecular flexibility index (Phi) is 6.62. The number of carbonyl (C=O) groups excluding carboxylic acids is 1. The zero-order valence-corrected chi connectivity index (χ0v) is 17.5. The lowest BCUT2D eigenvalue weighted by molar-refractivity contribution is -0.140. The number of ether oxygens (including phenoxy) is 1. The lowest BCUT2D eigenvalue weighted by Crippen LogP contribution is -2.25. The molecule has 0 unspecified atom stereocenters. The van der Waals surface area contributed by atoms with Gasteiger partial charge >= 0.3 is 5.97 Å². The van der Waals surface area contributed by atoms with Crippen LogP contribution in [0.2, 0.25) is 0 Å². The van der Waals surface area contributed by atoms with Crippen LogP contribution in [-0.4, -0.2) is 22.6 Å². The molecule has 0 radical (unpaired) electrons. The third-order valence-electron chi connectivity index (χ3n) is 4.91. The second kappa shape index (κ2) is 9.15. The van der Waals surface area contributed by atoms with E-state index in [9.17, 15) is 9.59 Å². The number of aromatic nitrogens is 2. The highest BCUT2D eigenvalue weighted by Gasteiger charge is 2.17. The third-order valence-corrected chi connectivity index (χ3v) is 5.78. The second-order valence-electron chi connectivity index (χ2n) is 6.79. The van der Waals surface area contributed by atoms with Crippen molar-refractivity contribution in [1.29, 1.82) is 0 Å². The number of nitrogens with zero attached hydrogens (tertiary/aromatic N) is 2. The Balaban J connectivity index is 2.05. The predicted octanol–water partition coefficient (Wildman–Crippen LogP) is 4.59. The van der Waals surface area contributed by atoms with Crippen LogP contribution in [-0.2, 0) is 28.9 Å². The molecule has 0 spiro atoms. The van der Waals surface area contributed by atoms with Gasteiger partial charge in [-0.25, -0.2) is 4.98 Å². The summed E-state index contributed by atoms with van der Waals surface area (Å²) >= 11 is 1.52. The Morgan fingerprint density at radius 3 is 2.61 bits per heavy atom. The molecule has 0 bridgehead atoms. The molecular weight excluding hydrogens is 372 g/mol. The standard InChI is InChI=1S/C22H26N2O3S/c1-4-7-18-23-21-20(22(26)24(18)13-6-8-19(25)27-3)17(14-28-21)16-11-9-15(5-2)10-12-16/h9-12,14H,4-8,13H2,1-3H3. The summed E-state index contributed by atoms with van der Waals surface area (Å²) in [7, 11) is 1.38. The summed E-state index contributed by atoms with van der Waals surface area (Å²) in [6.45, 7) is 4.67. The normalized spacial score (nSPS) is 11.1. The van der Waals surface area contributed by atoms with Crippen molar-refractivity contribution in [2.75, 3.05) is 7.11 Å². The van der Waals surface area contributed by atoms with E-state index >= 15 is 0 Å². The van der Waals surface area contributed by atoms with E-state index in [0.29, 0.717) is 24.8 Å². The molecule has 0 aliphatic heterocycles. The van der Waals surface area contributed by atoms with E-state index in [2.05, 4.69) is 38.1 Å². The molecule has 0 saturated heterocycles. The van der Waals surface area contributed by atoms with Crippen LogP contribution in [0, 0.1) is 0 Å². The van der Waals surface area contributed by atoms with Crippen molar-refractivity contribution < 1.29 is 9.53 Å². The highest BCUT2D eigenvalue weighted by atomic mass is 32.1. The van der Waals surface area contributed by atoms with E-state index in [0.717, 1.165) is 41.0 Å².